The third kappa shape index (κ3) is 5.18. The summed E-state index contributed by atoms with van der Waals surface area (Å²) in [5.74, 6) is -0.531. The van der Waals surface area contributed by atoms with Crippen LogP contribution in [0.1, 0.15) is 62.4 Å². The first-order valence-electron chi connectivity index (χ1n) is 13.0. The number of sulfonamides is 1. The molecule has 204 valence electrons. The number of nitrogens with one attached hydrogen (secondary N) is 1. The summed E-state index contributed by atoms with van der Waals surface area (Å²) < 4.78 is 30.6. The number of hydrogen-bond donors (Lipinski definition) is 2. The van der Waals surface area contributed by atoms with Crippen LogP contribution in [0.4, 0.5) is 11.5 Å². The Balaban J connectivity index is 1.45. The Hall–Kier alpha value is -3.99. The number of benzene rings is 2. The summed E-state index contributed by atoms with van der Waals surface area (Å²) >= 11 is 0. The number of carboxylic acid groups (broad SMARTS) is 1. The highest BCUT2D eigenvalue weighted by atomic mass is 32.2. The molecular formula is C28H31N5O5S. The second-order valence-corrected chi connectivity index (χ2v) is 12.0. The lowest BCUT2D eigenvalue weighted by Gasteiger charge is -2.32. The minimum atomic E-state index is -3.85. The number of aromatic carboxylic acids is 1. The third-order valence-electron chi connectivity index (χ3n) is 7.31. The SMILES string of the molecule is CC1CCC(C(=O)N(c2nn(-c3ccc(C4=NS(=O)(=O)c5ccccc5N4)cc3)cc2C(=O)O)C(C)C)CC1. The molecule has 1 fully saturated rings. The van der Waals surface area contributed by atoms with Gasteiger partial charge in [0.15, 0.2) is 11.7 Å². The first-order valence-corrected chi connectivity index (χ1v) is 14.5. The van der Waals surface area contributed by atoms with Crippen LogP contribution in [0.5, 0.6) is 0 Å². The van der Waals surface area contributed by atoms with Gasteiger partial charge in [0.25, 0.3) is 10.0 Å². The van der Waals surface area contributed by atoms with Crippen LogP contribution < -0.4 is 10.2 Å². The van der Waals surface area contributed by atoms with Gasteiger partial charge in [0.1, 0.15) is 10.5 Å². The van der Waals surface area contributed by atoms with Gasteiger partial charge >= 0.3 is 5.97 Å². The van der Waals surface area contributed by atoms with Gasteiger partial charge in [-0.05, 0) is 81.8 Å². The lowest BCUT2D eigenvalue weighted by molar-refractivity contribution is -0.124. The molecule has 0 radical (unpaired) electrons. The number of amides is 1. The van der Waals surface area contributed by atoms with Crippen molar-refractivity contribution in [3.8, 4) is 5.69 Å². The summed E-state index contributed by atoms with van der Waals surface area (Å²) in [5.41, 5.74) is 1.47. The van der Waals surface area contributed by atoms with Crippen molar-refractivity contribution in [3.05, 3.63) is 65.9 Å². The molecule has 1 amide bonds. The molecule has 0 spiro atoms. The maximum atomic E-state index is 13.5. The zero-order valence-electron chi connectivity index (χ0n) is 22.0. The largest absolute Gasteiger partial charge is 0.477 e. The van der Waals surface area contributed by atoms with Crippen molar-refractivity contribution in [2.45, 2.75) is 57.4 Å². The lowest BCUT2D eigenvalue weighted by atomic mass is 9.82. The molecule has 11 heteroatoms. The van der Waals surface area contributed by atoms with Gasteiger partial charge in [0.2, 0.25) is 5.91 Å². The van der Waals surface area contributed by atoms with Crippen molar-refractivity contribution in [1.82, 2.24) is 9.78 Å². The predicted octanol–water partition coefficient (Wildman–Crippen LogP) is 4.70. The molecule has 1 aromatic heterocycles. The van der Waals surface area contributed by atoms with E-state index < -0.39 is 16.0 Å². The van der Waals surface area contributed by atoms with Crippen molar-refractivity contribution in [2.75, 3.05) is 10.2 Å². The van der Waals surface area contributed by atoms with E-state index in [0.29, 0.717) is 22.9 Å². The summed E-state index contributed by atoms with van der Waals surface area (Å²) in [6.45, 7) is 5.89. The average Bonchev–Trinajstić information content (AvgIpc) is 3.34. The number of hydrogen-bond acceptors (Lipinski definition) is 6. The van der Waals surface area contributed by atoms with E-state index in [-0.39, 0.29) is 40.0 Å². The van der Waals surface area contributed by atoms with E-state index in [1.807, 2.05) is 13.8 Å². The number of carboxylic acids is 1. The molecule has 0 saturated heterocycles. The van der Waals surface area contributed by atoms with Crippen LogP contribution in [0.15, 0.2) is 64.0 Å². The van der Waals surface area contributed by atoms with Crippen LogP contribution in [0.3, 0.4) is 0 Å². The third-order valence-corrected chi connectivity index (χ3v) is 8.64. The van der Waals surface area contributed by atoms with E-state index in [4.69, 9.17) is 0 Å². The maximum absolute atomic E-state index is 13.5. The Kier molecular flexibility index (Phi) is 7.02. The number of amidine groups is 1. The molecule has 1 aliphatic heterocycles. The number of para-hydroxylation sites is 1. The molecule has 0 atom stereocenters. The van der Waals surface area contributed by atoms with Crippen LogP contribution in [0.25, 0.3) is 5.69 Å². The van der Waals surface area contributed by atoms with Crippen molar-refractivity contribution >= 4 is 39.2 Å². The number of fused-ring (bicyclic) bond motifs is 1. The van der Waals surface area contributed by atoms with Crippen LogP contribution >= 0.6 is 0 Å². The number of nitrogens with zero attached hydrogens (tertiary/aromatic N) is 4. The van der Waals surface area contributed by atoms with E-state index >= 15 is 0 Å². The van der Waals surface area contributed by atoms with Crippen molar-refractivity contribution in [1.29, 1.82) is 0 Å². The smallest absolute Gasteiger partial charge is 0.341 e. The molecule has 5 rings (SSSR count). The van der Waals surface area contributed by atoms with Gasteiger partial charge in [0, 0.05) is 23.7 Å². The number of carbonyl (C=O) groups is 2. The van der Waals surface area contributed by atoms with E-state index in [9.17, 15) is 23.1 Å². The fourth-order valence-corrected chi connectivity index (χ4v) is 6.28. The minimum absolute atomic E-state index is 0.0636. The topological polar surface area (TPSA) is 134 Å². The molecule has 39 heavy (non-hydrogen) atoms. The molecule has 10 nitrogen and oxygen atoms in total. The zero-order valence-corrected chi connectivity index (χ0v) is 22.9. The quantitative estimate of drug-likeness (QED) is 0.455. The molecule has 2 heterocycles. The van der Waals surface area contributed by atoms with Gasteiger partial charge in [-0.25, -0.2) is 9.48 Å². The molecule has 2 aromatic carbocycles. The van der Waals surface area contributed by atoms with E-state index in [2.05, 4.69) is 21.7 Å². The predicted molar refractivity (Wildman–Crippen MR) is 148 cm³/mol. The molecule has 3 aromatic rings. The van der Waals surface area contributed by atoms with Crippen LogP contribution in [-0.2, 0) is 14.8 Å². The number of carbonyl (C=O) groups excluding carboxylic acids is 1. The zero-order chi connectivity index (χ0) is 27.9. The molecule has 1 saturated carbocycles. The van der Waals surface area contributed by atoms with E-state index in [1.165, 1.54) is 21.8 Å². The van der Waals surface area contributed by atoms with Gasteiger partial charge in [0.05, 0.1) is 11.4 Å². The van der Waals surface area contributed by atoms with Crippen molar-refractivity contribution in [3.63, 3.8) is 0 Å². The second kappa shape index (κ2) is 10.3. The second-order valence-electron chi connectivity index (χ2n) is 10.5. The van der Waals surface area contributed by atoms with Crippen molar-refractivity contribution in [2.24, 2.45) is 16.2 Å². The number of aromatic nitrogens is 2. The minimum Gasteiger partial charge on any atom is -0.477 e. The van der Waals surface area contributed by atoms with Gasteiger partial charge < -0.3 is 10.4 Å². The molecule has 0 bridgehead atoms. The normalized spacial score (nSPS) is 20.1. The van der Waals surface area contributed by atoms with Crippen LogP contribution in [0.2, 0.25) is 0 Å². The van der Waals surface area contributed by atoms with Crippen LogP contribution in [0, 0.1) is 11.8 Å². The Morgan fingerprint density at radius 1 is 1.05 bits per heavy atom. The Morgan fingerprint density at radius 3 is 2.36 bits per heavy atom. The maximum Gasteiger partial charge on any atom is 0.341 e. The fourth-order valence-electron chi connectivity index (χ4n) is 5.14. The summed E-state index contributed by atoms with van der Waals surface area (Å²) in [5, 5.41) is 17.6. The molecule has 2 aliphatic rings. The highest BCUT2D eigenvalue weighted by molar-refractivity contribution is 7.90. The fraction of sp³-hybridized carbons (Fsp3) is 0.357. The average molecular weight is 550 g/mol. The Morgan fingerprint density at radius 2 is 1.72 bits per heavy atom. The highest BCUT2D eigenvalue weighted by Crippen LogP contribution is 2.33. The number of anilines is 2. The summed E-state index contributed by atoms with van der Waals surface area (Å²) in [7, 11) is -3.85. The standard InChI is InChI=1S/C28H31N5O5S/c1-17(2)33(27(34)20-10-8-18(3)9-11-20)26-22(28(35)36)16-32(30-26)21-14-12-19(13-15-21)25-29-23-6-4-5-7-24(23)39(37,38)31-25/h4-7,12-18,20H,8-11H2,1-3H3,(H,29,31)(H,35,36). The molecule has 0 unspecified atom stereocenters. The van der Waals surface area contributed by atoms with E-state index in [1.54, 1.807) is 42.5 Å². The van der Waals surface area contributed by atoms with Gasteiger partial charge in [-0.3, -0.25) is 9.69 Å². The first-order chi connectivity index (χ1) is 18.5. The Bertz CT molecular complexity index is 1550. The first kappa shape index (κ1) is 26.6. The van der Waals surface area contributed by atoms with Gasteiger partial charge in [-0.15, -0.1) is 9.50 Å². The van der Waals surface area contributed by atoms with E-state index in [0.717, 1.165) is 25.7 Å². The summed E-state index contributed by atoms with van der Waals surface area (Å²) in [6, 6.07) is 13.0. The summed E-state index contributed by atoms with van der Waals surface area (Å²) in [4.78, 5) is 27.4. The number of rotatable bonds is 6. The molecular weight excluding hydrogens is 518 g/mol. The lowest BCUT2D eigenvalue weighted by Crippen LogP contribution is -2.43. The van der Waals surface area contributed by atoms with Gasteiger partial charge in [-0.1, -0.05) is 19.1 Å². The summed E-state index contributed by atoms with van der Waals surface area (Å²) in [6.07, 6.45) is 4.91. The highest BCUT2D eigenvalue weighted by Gasteiger charge is 2.34. The van der Waals surface area contributed by atoms with Crippen LogP contribution in [-0.4, -0.2) is 47.1 Å². The van der Waals surface area contributed by atoms with Crippen molar-refractivity contribution < 1.29 is 23.1 Å². The molecule has 1 aliphatic carbocycles. The monoisotopic (exact) mass is 549 g/mol. The molecule has 2 N–H and O–H groups in total. The van der Waals surface area contributed by atoms with Gasteiger partial charge in [-0.2, -0.15) is 8.42 Å². The Labute approximate surface area is 227 Å².